The van der Waals surface area contributed by atoms with Crippen molar-refractivity contribution in [2.45, 2.75) is 6.61 Å². The maximum absolute atomic E-state index is 12.9. The van der Waals surface area contributed by atoms with Crippen molar-refractivity contribution in [1.29, 1.82) is 5.26 Å². The molecular formula is C18H12Cl2FN3O3. The summed E-state index contributed by atoms with van der Waals surface area (Å²) in [7, 11) is 0. The van der Waals surface area contributed by atoms with Crippen LogP contribution in [0.5, 0.6) is 5.75 Å². The number of carbonyl (C=O) groups is 2. The minimum absolute atomic E-state index is 0.110. The molecule has 138 valence electrons. The van der Waals surface area contributed by atoms with Gasteiger partial charge in [0.1, 0.15) is 24.1 Å². The molecule has 6 nitrogen and oxygen atoms in total. The molecule has 2 aromatic rings. The van der Waals surface area contributed by atoms with Crippen molar-refractivity contribution in [3.8, 4) is 11.8 Å². The Morgan fingerprint density at radius 2 is 1.81 bits per heavy atom. The van der Waals surface area contributed by atoms with Gasteiger partial charge in [-0.25, -0.2) is 9.18 Å². The number of primary amides is 1. The van der Waals surface area contributed by atoms with E-state index in [9.17, 15) is 14.0 Å². The minimum Gasteiger partial charge on any atom is -0.486 e. The van der Waals surface area contributed by atoms with Crippen LogP contribution in [-0.4, -0.2) is 11.9 Å². The first kappa shape index (κ1) is 20.2. The molecule has 0 saturated carbocycles. The van der Waals surface area contributed by atoms with Crippen LogP contribution in [0.15, 0.2) is 42.0 Å². The number of urea groups is 1. The average molecular weight is 408 g/mol. The molecule has 27 heavy (non-hydrogen) atoms. The Bertz CT molecular complexity index is 930. The molecular weight excluding hydrogens is 396 g/mol. The molecule has 0 atom stereocenters. The Balaban J connectivity index is 2.21. The first-order chi connectivity index (χ1) is 12.8. The summed E-state index contributed by atoms with van der Waals surface area (Å²) in [6.45, 7) is 0.110. The molecule has 3 N–H and O–H groups in total. The molecule has 0 spiro atoms. The van der Waals surface area contributed by atoms with Crippen LogP contribution in [0.25, 0.3) is 6.08 Å². The third-order valence-electron chi connectivity index (χ3n) is 3.23. The van der Waals surface area contributed by atoms with Gasteiger partial charge in [-0.2, -0.15) is 5.26 Å². The Morgan fingerprint density at radius 3 is 2.33 bits per heavy atom. The van der Waals surface area contributed by atoms with Gasteiger partial charge in [-0.1, -0.05) is 35.3 Å². The van der Waals surface area contributed by atoms with E-state index in [-0.39, 0.29) is 33.8 Å². The van der Waals surface area contributed by atoms with Crippen LogP contribution in [0, 0.1) is 17.1 Å². The van der Waals surface area contributed by atoms with Crippen LogP contribution >= 0.6 is 23.2 Å². The SMILES string of the molecule is N#C/C(=C/c1cc(Cl)c(OCc2ccc(F)cc2)c(Cl)c1)C(=O)NC(N)=O. The molecule has 0 unspecified atom stereocenters. The van der Waals surface area contributed by atoms with Gasteiger partial charge < -0.3 is 10.5 Å². The molecule has 0 fully saturated rings. The lowest BCUT2D eigenvalue weighted by atomic mass is 10.1. The number of amides is 3. The Hall–Kier alpha value is -3.08. The van der Waals surface area contributed by atoms with Crippen LogP contribution in [0.3, 0.4) is 0 Å². The van der Waals surface area contributed by atoms with Gasteiger partial charge in [0.25, 0.3) is 5.91 Å². The number of hydrogen-bond acceptors (Lipinski definition) is 4. The van der Waals surface area contributed by atoms with Crippen LogP contribution in [0.1, 0.15) is 11.1 Å². The van der Waals surface area contributed by atoms with Crippen LogP contribution in [0.4, 0.5) is 9.18 Å². The average Bonchev–Trinajstić information content (AvgIpc) is 2.59. The van der Waals surface area contributed by atoms with Gasteiger partial charge in [0, 0.05) is 0 Å². The lowest BCUT2D eigenvalue weighted by Gasteiger charge is -2.11. The summed E-state index contributed by atoms with van der Waals surface area (Å²) in [5, 5.41) is 11.1. The lowest BCUT2D eigenvalue weighted by Crippen LogP contribution is -2.35. The number of carbonyl (C=O) groups excluding carboxylic acids is 2. The molecule has 2 aromatic carbocycles. The van der Waals surface area contributed by atoms with Gasteiger partial charge in [0.15, 0.2) is 5.75 Å². The molecule has 0 aliphatic heterocycles. The van der Waals surface area contributed by atoms with Gasteiger partial charge in [0.2, 0.25) is 0 Å². The van der Waals surface area contributed by atoms with E-state index >= 15 is 0 Å². The van der Waals surface area contributed by atoms with Gasteiger partial charge in [-0.15, -0.1) is 0 Å². The summed E-state index contributed by atoms with van der Waals surface area (Å²) in [5.74, 6) is -1.12. The van der Waals surface area contributed by atoms with E-state index in [1.54, 1.807) is 23.5 Å². The number of nitriles is 1. The number of nitrogens with one attached hydrogen (secondary N) is 1. The first-order valence-corrected chi connectivity index (χ1v) is 8.14. The number of halogens is 3. The molecule has 3 amide bonds. The monoisotopic (exact) mass is 407 g/mol. The summed E-state index contributed by atoms with van der Waals surface area (Å²) < 4.78 is 18.5. The standard InChI is InChI=1S/C18H12Cl2FN3O3/c19-14-6-11(5-12(8-22)17(25)24-18(23)26)7-15(20)16(14)27-9-10-1-3-13(21)4-2-10/h1-7H,9H2,(H3,23,24,25,26)/b12-5-. The summed E-state index contributed by atoms with van der Waals surface area (Å²) in [6.07, 6.45) is 1.19. The largest absolute Gasteiger partial charge is 0.486 e. The van der Waals surface area contributed by atoms with E-state index in [1.807, 2.05) is 0 Å². The molecule has 0 radical (unpaired) electrons. The van der Waals surface area contributed by atoms with Crippen LogP contribution < -0.4 is 15.8 Å². The van der Waals surface area contributed by atoms with Crippen LogP contribution in [-0.2, 0) is 11.4 Å². The van der Waals surface area contributed by atoms with Gasteiger partial charge >= 0.3 is 6.03 Å². The predicted molar refractivity (Wildman–Crippen MR) is 98.5 cm³/mol. The molecule has 0 aliphatic carbocycles. The summed E-state index contributed by atoms with van der Waals surface area (Å²) >= 11 is 12.3. The molecule has 0 heterocycles. The second-order valence-electron chi connectivity index (χ2n) is 5.22. The van der Waals surface area contributed by atoms with E-state index in [0.29, 0.717) is 11.1 Å². The van der Waals surface area contributed by atoms with Crippen molar-refractivity contribution in [3.63, 3.8) is 0 Å². The molecule has 0 aliphatic rings. The molecule has 0 saturated heterocycles. The van der Waals surface area contributed by atoms with Gasteiger partial charge in [0.05, 0.1) is 10.0 Å². The van der Waals surface area contributed by atoms with Crippen molar-refractivity contribution in [2.24, 2.45) is 5.73 Å². The van der Waals surface area contributed by atoms with Crippen molar-refractivity contribution >= 4 is 41.2 Å². The Kier molecular flexibility index (Phi) is 6.77. The van der Waals surface area contributed by atoms with Crippen molar-refractivity contribution in [2.75, 3.05) is 0 Å². The van der Waals surface area contributed by atoms with Gasteiger partial charge in [-0.05, 0) is 41.5 Å². The highest BCUT2D eigenvalue weighted by Gasteiger charge is 2.14. The fourth-order valence-electron chi connectivity index (χ4n) is 2.03. The van der Waals surface area contributed by atoms with E-state index in [4.69, 9.17) is 38.9 Å². The van der Waals surface area contributed by atoms with E-state index in [2.05, 4.69) is 0 Å². The number of nitrogens with two attached hydrogens (primary N) is 1. The molecule has 9 heteroatoms. The summed E-state index contributed by atoms with van der Waals surface area (Å²) in [6, 6.07) is 9.16. The first-order valence-electron chi connectivity index (χ1n) is 7.39. The summed E-state index contributed by atoms with van der Waals surface area (Å²) in [5.41, 5.74) is 5.54. The topological polar surface area (TPSA) is 105 Å². The lowest BCUT2D eigenvalue weighted by molar-refractivity contribution is -0.115. The molecule has 0 bridgehead atoms. The third-order valence-corrected chi connectivity index (χ3v) is 3.79. The maximum Gasteiger partial charge on any atom is 0.319 e. The number of hydrogen-bond donors (Lipinski definition) is 2. The predicted octanol–water partition coefficient (Wildman–Crippen LogP) is 3.81. The number of ether oxygens (including phenoxy) is 1. The van der Waals surface area contributed by atoms with Crippen molar-refractivity contribution in [3.05, 3.63) is 69.0 Å². The van der Waals surface area contributed by atoms with Gasteiger partial charge in [-0.3, -0.25) is 10.1 Å². The van der Waals surface area contributed by atoms with E-state index in [0.717, 1.165) is 0 Å². The highest BCUT2D eigenvalue weighted by molar-refractivity contribution is 6.37. The second kappa shape index (κ2) is 9.03. The van der Waals surface area contributed by atoms with Crippen molar-refractivity contribution in [1.82, 2.24) is 5.32 Å². The normalized spacial score (nSPS) is 10.8. The van der Waals surface area contributed by atoms with Crippen molar-refractivity contribution < 1.29 is 18.7 Å². The second-order valence-corrected chi connectivity index (χ2v) is 6.03. The van der Waals surface area contributed by atoms with E-state index < -0.39 is 11.9 Å². The van der Waals surface area contributed by atoms with E-state index in [1.165, 1.54) is 30.3 Å². The fourth-order valence-corrected chi connectivity index (χ4v) is 2.64. The quantitative estimate of drug-likeness (QED) is 0.580. The number of rotatable bonds is 5. The zero-order valence-corrected chi connectivity index (χ0v) is 15.1. The Morgan fingerprint density at radius 1 is 1.22 bits per heavy atom. The Labute approximate surface area is 163 Å². The molecule has 2 rings (SSSR count). The minimum atomic E-state index is -1.08. The zero-order valence-electron chi connectivity index (χ0n) is 13.6. The molecule has 0 aromatic heterocycles. The zero-order chi connectivity index (χ0) is 20.0. The third kappa shape index (κ3) is 5.71. The maximum atomic E-state index is 12.9. The summed E-state index contributed by atoms with van der Waals surface area (Å²) in [4.78, 5) is 22.4. The number of nitrogens with zero attached hydrogens (tertiary/aromatic N) is 1. The fraction of sp³-hybridized carbons (Fsp3) is 0.0556. The highest BCUT2D eigenvalue weighted by Crippen LogP contribution is 2.35. The highest BCUT2D eigenvalue weighted by atomic mass is 35.5. The number of benzene rings is 2. The number of imide groups is 1. The smallest absolute Gasteiger partial charge is 0.319 e. The van der Waals surface area contributed by atoms with Crippen LogP contribution in [0.2, 0.25) is 10.0 Å².